The molecule has 3 rings (SSSR count). The van der Waals surface area contributed by atoms with Crippen LogP contribution in [0.4, 0.5) is 0 Å². The van der Waals surface area contributed by atoms with Gasteiger partial charge in [0.1, 0.15) is 10.7 Å². The van der Waals surface area contributed by atoms with Crippen molar-refractivity contribution in [3.63, 3.8) is 0 Å². The van der Waals surface area contributed by atoms with Crippen LogP contribution < -0.4 is 0 Å². The first-order valence-electron chi connectivity index (χ1n) is 7.89. The summed E-state index contributed by atoms with van der Waals surface area (Å²) >= 11 is 6.25. The number of aliphatic carboxylic acids is 1. The fraction of sp³-hybridized carbons (Fsp3) is 0.222. The summed E-state index contributed by atoms with van der Waals surface area (Å²) in [5.41, 5.74) is 2.55. The van der Waals surface area contributed by atoms with E-state index in [1.54, 1.807) is 0 Å². The smallest absolute Gasteiger partial charge is 0.322 e. The van der Waals surface area contributed by atoms with E-state index in [9.17, 15) is 18.3 Å². The van der Waals surface area contributed by atoms with Gasteiger partial charge in [0.25, 0.3) is 0 Å². The van der Waals surface area contributed by atoms with Crippen molar-refractivity contribution >= 4 is 38.4 Å². The van der Waals surface area contributed by atoms with Gasteiger partial charge >= 0.3 is 5.97 Å². The van der Waals surface area contributed by atoms with Crippen LogP contribution in [0.1, 0.15) is 18.9 Å². The monoisotopic (exact) mass is 393 g/mol. The van der Waals surface area contributed by atoms with Crippen LogP contribution in [0.3, 0.4) is 0 Å². The molecule has 8 heteroatoms. The lowest BCUT2D eigenvalue weighted by Gasteiger charge is -2.12. The van der Waals surface area contributed by atoms with Gasteiger partial charge in [-0.1, -0.05) is 53.5 Å². The summed E-state index contributed by atoms with van der Waals surface area (Å²) in [5, 5.41) is 12.0. The largest absolute Gasteiger partial charge is 0.480 e. The lowest BCUT2D eigenvalue weighted by molar-refractivity contribution is -0.136. The van der Waals surface area contributed by atoms with Gasteiger partial charge in [0.2, 0.25) is 0 Å². The number of sulfone groups is 1. The molecule has 1 unspecified atom stereocenters. The van der Waals surface area contributed by atoms with Crippen LogP contribution in [-0.4, -0.2) is 29.9 Å². The topological polar surface area (TPSA) is 97.5 Å². The number of rotatable bonds is 5. The Balaban J connectivity index is 2.17. The Morgan fingerprint density at radius 3 is 2.46 bits per heavy atom. The number of aromatic nitrogens is 1. The minimum atomic E-state index is -4.15. The highest BCUT2D eigenvalue weighted by molar-refractivity contribution is 7.93. The second-order valence-electron chi connectivity index (χ2n) is 5.93. The van der Waals surface area contributed by atoms with Gasteiger partial charge in [-0.05, 0) is 25.5 Å². The van der Waals surface area contributed by atoms with E-state index < -0.39 is 21.1 Å². The summed E-state index contributed by atoms with van der Waals surface area (Å²) in [4.78, 5) is 11.0. The maximum Gasteiger partial charge on any atom is 0.322 e. The second-order valence-corrected chi connectivity index (χ2v) is 8.41. The number of hydrogen-bond acceptors (Lipinski definition) is 5. The third-order valence-corrected chi connectivity index (χ3v) is 6.92. The molecule has 136 valence electrons. The van der Waals surface area contributed by atoms with E-state index in [0.717, 1.165) is 11.1 Å². The highest BCUT2D eigenvalue weighted by atomic mass is 35.5. The minimum Gasteiger partial charge on any atom is -0.480 e. The average molecular weight is 394 g/mol. The van der Waals surface area contributed by atoms with Crippen LogP contribution in [0.15, 0.2) is 45.8 Å². The lowest BCUT2D eigenvalue weighted by atomic mass is 10.1. The van der Waals surface area contributed by atoms with Gasteiger partial charge in [0.05, 0.1) is 10.3 Å². The van der Waals surface area contributed by atoms with E-state index in [1.807, 2.05) is 31.2 Å². The number of carboxylic acids is 1. The first kappa shape index (κ1) is 18.4. The van der Waals surface area contributed by atoms with Gasteiger partial charge in [-0.15, -0.1) is 0 Å². The van der Waals surface area contributed by atoms with Crippen molar-refractivity contribution in [1.82, 2.24) is 5.16 Å². The van der Waals surface area contributed by atoms with Gasteiger partial charge in [-0.2, -0.15) is 0 Å². The van der Waals surface area contributed by atoms with Crippen LogP contribution in [0.25, 0.3) is 22.2 Å². The van der Waals surface area contributed by atoms with Crippen molar-refractivity contribution in [3.05, 3.63) is 47.0 Å². The molecule has 26 heavy (non-hydrogen) atoms. The second kappa shape index (κ2) is 6.74. The molecule has 1 aromatic heterocycles. The Hall–Kier alpha value is -2.38. The highest BCUT2D eigenvalue weighted by Gasteiger charge is 2.35. The summed E-state index contributed by atoms with van der Waals surface area (Å²) in [6.07, 6.45) is -0.0724. The molecule has 0 aliphatic carbocycles. The summed E-state index contributed by atoms with van der Waals surface area (Å²) in [6, 6.07) is 10.4. The van der Waals surface area contributed by atoms with Gasteiger partial charge in [0, 0.05) is 5.56 Å². The number of fused-ring (bicyclic) bond motifs is 1. The molecule has 0 aliphatic heterocycles. The van der Waals surface area contributed by atoms with Crippen LogP contribution in [0.2, 0.25) is 5.02 Å². The fourth-order valence-electron chi connectivity index (χ4n) is 2.77. The van der Waals surface area contributed by atoms with E-state index in [-0.39, 0.29) is 21.9 Å². The number of halogens is 1. The zero-order chi connectivity index (χ0) is 19.1. The third kappa shape index (κ3) is 2.97. The van der Waals surface area contributed by atoms with Gasteiger partial charge in [-0.3, -0.25) is 4.79 Å². The molecule has 1 N–H and O–H groups in total. The Morgan fingerprint density at radius 1 is 1.23 bits per heavy atom. The minimum absolute atomic E-state index is 0.0724. The normalized spacial score (nSPS) is 13.0. The first-order valence-corrected chi connectivity index (χ1v) is 9.81. The molecular formula is C18H16ClNO5S. The molecule has 3 aromatic rings. The average Bonchev–Trinajstić information content (AvgIpc) is 3.00. The molecule has 0 fully saturated rings. The van der Waals surface area contributed by atoms with Gasteiger partial charge in [-0.25, -0.2) is 8.42 Å². The molecule has 0 amide bonds. The summed E-state index contributed by atoms with van der Waals surface area (Å²) in [6.45, 7) is 3.46. The Kier molecular flexibility index (Phi) is 4.77. The zero-order valence-corrected chi connectivity index (χ0v) is 15.6. The first-order chi connectivity index (χ1) is 12.3. The maximum absolute atomic E-state index is 12.7. The van der Waals surface area contributed by atoms with Crippen LogP contribution in [0.5, 0.6) is 0 Å². The van der Waals surface area contributed by atoms with E-state index in [2.05, 4.69) is 5.16 Å². The van der Waals surface area contributed by atoms with Crippen LogP contribution in [0, 0.1) is 6.92 Å². The van der Waals surface area contributed by atoms with Crippen LogP contribution in [-0.2, 0) is 14.6 Å². The van der Waals surface area contributed by atoms with Crippen molar-refractivity contribution < 1.29 is 22.8 Å². The van der Waals surface area contributed by atoms with Gasteiger partial charge in [0.15, 0.2) is 20.7 Å². The fourth-order valence-corrected chi connectivity index (χ4v) is 4.91. The molecule has 0 saturated heterocycles. The predicted octanol–water partition coefficient (Wildman–Crippen LogP) is 4.09. The predicted molar refractivity (Wildman–Crippen MR) is 98.1 cm³/mol. The maximum atomic E-state index is 12.7. The number of nitrogens with zero attached hydrogens (tertiary/aromatic N) is 1. The molecular weight excluding hydrogens is 378 g/mol. The van der Waals surface area contributed by atoms with Crippen molar-refractivity contribution in [2.24, 2.45) is 0 Å². The highest BCUT2D eigenvalue weighted by Crippen LogP contribution is 2.37. The van der Waals surface area contributed by atoms with E-state index in [1.165, 1.54) is 19.1 Å². The summed E-state index contributed by atoms with van der Waals surface area (Å²) in [5.74, 6) is -1.42. The Morgan fingerprint density at radius 2 is 1.88 bits per heavy atom. The quantitative estimate of drug-likeness (QED) is 0.701. The molecule has 1 heterocycles. The lowest BCUT2D eigenvalue weighted by Crippen LogP contribution is -2.29. The van der Waals surface area contributed by atoms with Crippen LogP contribution >= 0.6 is 11.6 Å². The third-order valence-electron chi connectivity index (χ3n) is 4.20. The number of benzene rings is 2. The molecule has 0 spiro atoms. The Bertz CT molecular complexity index is 1090. The van der Waals surface area contributed by atoms with Crippen molar-refractivity contribution in [3.8, 4) is 11.3 Å². The summed E-state index contributed by atoms with van der Waals surface area (Å²) in [7, 11) is -4.15. The van der Waals surface area contributed by atoms with E-state index >= 15 is 0 Å². The number of hydrogen-bond donors (Lipinski definition) is 1. The van der Waals surface area contributed by atoms with E-state index in [0.29, 0.717) is 11.1 Å². The molecule has 1 atom stereocenters. The number of aryl methyl sites for hydroxylation is 1. The number of carbonyl (C=O) groups is 1. The van der Waals surface area contributed by atoms with Crippen molar-refractivity contribution in [1.29, 1.82) is 0 Å². The summed E-state index contributed by atoms with van der Waals surface area (Å²) < 4.78 is 30.6. The van der Waals surface area contributed by atoms with Crippen molar-refractivity contribution in [2.45, 2.75) is 30.4 Å². The molecule has 0 aliphatic rings. The standard InChI is InChI=1S/C18H16ClNO5S/c1-3-13(18(21)22)26(23,24)14-9-8-12-16(20-25-17(12)15(14)19)11-6-4-10(2)5-7-11/h4-9,13H,3H2,1-2H3,(H,21,22). The zero-order valence-electron chi connectivity index (χ0n) is 14.1. The molecule has 6 nitrogen and oxygen atoms in total. The molecule has 0 radical (unpaired) electrons. The SMILES string of the molecule is CCC(C(=O)O)S(=O)(=O)c1ccc2c(-c3ccc(C)cc3)noc2c1Cl. The number of carboxylic acid groups (broad SMARTS) is 1. The Labute approximate surface area is 155 Å². The molecule has 0 saturated carbocycles. The molecule has 2 aromatic carbocycles. The van der Waals surface area contributed by atoms with Gasteiger partial charge < -0.3 is 9.63 Å². The van der Waals surface area contributed by atoms with E-state index in [4.69, 9.17) is 16.1 Å². The van der Waals surface area contributed by atoms with Crippen molar-refractivity contribution in [2.75, 3.05) is 0 Å². The molecule has 0 bridgehead atoms.